The van der Waals surface area contributed by atoms with Crippen LogP contribution in [0, 0.1) is 11.7 Å². The Morgan fingerprint density at radius 3 is 2.20 bits per heavy atom. The van der Waals surface area contributed by atoms with E-state index in [9.17, 15) is 43.9 Å². The minimum absolute atomic E-state index is 0.0162. The maximum absolute atomic E-state index is 15.1. The molecule has 46 heavy (non-hydrogen) atoms. The fourth-order valence-corrected chi connectivity index (χ4v) is 5.31. The minimum atomic E-state index is -6.05. The van der Waals surface area contributed by atoms with E-state index in [1.807, 2.05) is 4.90 Å². The van der Waals surface area contributed by atoms with E-state index in [0.717, 1.165) is 30.5 Å². The Morgan fingerprint density at radius 2 is 1.59 bits per heavy atom. The third kappa shape index (κ3) is 6.92. The van der Waals surface area contributed by atoms with E-state index in [1.165, 1.54) is 24.3 Å². The molecule has 0 amide bonds. The topological polar surface area (TPSA) is 85.8 Å². The van der Waals surface area contributed by atoms with Gasteiger partial charge in [0.05, 0.1) is 17.8 Å². The second-order valence-electron chi connectivity index (χ2n) is 10.4. The van der Waals surface area contributed by atoms with Crippen LogP contribution in [0.25, 0.3) is 22.0 Å². The highest BCUT2D eigenvalue weighted by Gasteiger charge is 2.48. The van der Waals surface area contributed by atoms with Crippen LogP contribution >= 0.6 is 0 Å². The molecule has 0 bridgehead atoms. The van der Waals surface area contributed by atoms with Crippen molar-refractivity contribution >= 4 is 26.8 Å². The summed E-state index contributed by atoms with van der Waals surface area (Å²) in [6, 6.07) is 10.1. The lowest BCUT2D eigenvalue weighted by Crippen LogP contribution is -2.49. The smallest absolute Gasteiger partial charge is 0.492 e. The number of hydrogen-bond acceptors (Lipinski definition) is 7. The molecule has 0 aliphatic carbocycles. The van der Waals surface area contributed by atoms with Crippen LogP contribution in [0.15, 0.2) is 66.9 Å². The van der Waals surface area contributed by atoms with Crippen molar-refractivity contribution in [3.8, 4) is 22.6 Å². The minimum Gasteiger partial charge on any atom is -0.492 e. The van der Waals surface area contributed by atoms with Crippen LogP contribution in [0.3, 0.4) is 0 Å². The maximum atomic E-state index is 15.1. The van der Waals surface area contributed by atoms with Gasteiger partial charge in [-0.05, 0) is 48.5 Å². The second kappa shape index (κ2) is 12.5. The van der Waals surface area contributed by atoms with E-state index in [-0.39, 0.29) is 52.9 Å². The largest absolute Gasteiger partial charge is 0.534 e. The molecule has 4 aromatic rings. The average molecular weight is 675 g/mol. The summed E-state index contributed by atoms with van der Waals surface area (Å²) in [6.07, 6.45) is -3.92. The number of fused-ring (bicyclic) bond motifs is 1. The molecule has 1 aliphatic rings. The number of hydrogen-bond donors (Lipinski definition) is 0. The Morgan fingerprint density at radius 1 is 0.913 bits per heavy atom. The molecule has 0 atom stereocenters. The molecule has 1 fully saturated rings. The lowest BCUT2D eigenvalue weighted by Gasteiger charge is -2.37. The summed E-state index contributed by atoms with van der Waals surface area (Å²) in [5.41, 5.74) is -8.15. The van der Waals surface area contributed by atoms with Crippen LogP contribution in [0.5, 0.6) is 11.5 Å². The lowest BCUT2D eigenvalue weighted by atomic mass is 9.91. The molecule has 7 nitrogen and oxygen atoms in total. The van der Waals surface area contributed by atoms with E-state index in [0.29, 0.717) is 31.5 Å². The van der Waals surface area contributed by atoms with Gasteiger partial charge in [0.15, 0.2) is 5.78 Å². The summed E-state index contributed by atoms with van der Waals surface area (Å²) in [6.45, 7) is 1.70. The Labute approximate surface area is 256 Å². The number of rotatable bonds is 10. The van der Waals surface area contributed by atoms with E-state index >= 15 is 4.39 Å². The predicted molar refractivity (Wildman–Crippen MR) is 149 cm³/mol. The Bertz CT molecular complexity index is 1870. The molecule has 244 valence electrons. The number of carbonyl (C=O) groups is 1. The van der Waals surface area contributed by atoms with Crippen LogP contribution in [0.4, 0.5) is 35.1 Å². The van der Waals surface area contributed by atoms with Crippen molar-refractivity contribution in [3.63, 3.8) is 0 Å². The molecule has 5 rings (SSSR count). The first-order chi connectivity index (χ1) is 21.6. The molecule has 1 aliphatic heterocycles. The number of ether oxygens (including phenoxy) is 1. The lowest BCUT2D eigenvalue weighted by molar-refractivity contribution is -0.137. The van der Waals surface area contributed by atoms with Gasteiger partial charge in [-0.1, -0.05) is 6.07 Å². The molecular formula is C30H22F8N2O5S. The number of benzene rings is 3. The van der Waals surface area contributed by atoms with E-state index in [4.69, 9.17) is 4.74 Å². The van der Waals surface area contributed by atoms with Crippen molar-refractivity contribution in [2.45, 2.75) is 11.7 Å². The van der Waals surface area contributed by atoms with Crippen molar-refractivity contribution in [2.75, 3.05) is 32.9 Å². The first kappa shape index (κ1) is 33.1. The average Bonchev–Trinajstić information content (AvgIpc) is 2.96. The molecule has 1 aromatic heterocycles. The molecule has 2 heterocycles. The quantitative estimate of drug-likeness (QED) is 0.0792. The van der Waals surface area contributed by atoms with Crippen LogP contribution in [-0.2, 0) is 16.3 Å². The van der Waals surface area contributed by atoms with Crippen LogP contribution in [0.1, 0.15) is 21.5 Å². The van der Waals surface area contributed by atoms with Gasteiger partial charge in [0.1, 0.15) is 23.9 Å². The molecule has 1 saturated heterocycles. The highest BCUT2D eigenvalue weighted by atomic mass is 32.2. The number of pyridine rings is 1. The summed E-state index contributed by atoms with van der Waals surface area (Å²) in [4.78, 5) is 19.9. The summed E-state index contributed by atoms with van der Waals surface area (Å²) in [7, 11) is -6.05. The number of halogens is 8. The summed E-state index contributed by atoms with van der Waals surface area (Å²) in [5, 5.41) is -0.0833. The second-order valence-corrected chi connectivity index (χ2v) is 11.9. The summed E-state index contributed by atoms with van der Waals surface area (Å²) in [5.74, 6) is -2.47. The van der Waals surface area contributed by atoms with Gasteiger partial charge < -0.3 is 8.92 Å². The van der Waals surface area contributed by atoms with Crippen molar-refractivity contribution in [2.24, 2.45) is 5.92 Å². The monoisotopic (exact) mass is 674 g/mol. The zero-order chi connectivity index (χ0) is 33.4. The molecule has 0 unspecified atom stereocenters. The molecular weight excluding hydrogens is 652 g/mol. The first-order valence-electron chi connectivity index (χ1n) is 13.4. The standard InChI is InChI=1S/C30H22F8N2O5S/c31-13-17-15-40(16-17)9-10-44-20-4-1-18(2-5-20)28(41)27-23-8-6-21(45-46(42,43)30(36,37)38)12-26(23)39-14-24(27)22-7-3-19(11-25(22)32)29(33,34)35/h1-8,11-12,14,17H,9-10,13,15-16H2. The fourth-order valence-electron chi connectivity index (χ4n) is 4.85. The van der Waals surface area contributed by atoms with Crippen molar-refractivity contribution in [1.29, 1.82) is 0 Å². The van der Waals surface area contributed by atoms with Gasteiger partial charge in [-0.2, -0.15) is 34.8 Å². The Kier molecular flexibility index (Phi) is 8.96. The normalized spacial score (nSPS) is 14.7. The van der Waals surface area contributed by atoms with E-state index < -0.39 is 50.3 Å². The van der Waals surface area contributed by atoms with Gasteiger partial charge in [-0.25, -0.2) is 4.39 Å². The predicted octanol–water partition coefficient (Wildman–Crippen LogP) is 6.80. The third-order valence-corrected chi connectivity index (χ3v) is 8.17. The third-order valence-electron chi connectivity index (χ3n) is 7.19. The molecule has 16 heteroatoms. The van der Waals surface area contributed by atoms with Crippen LogP contribution < -0.4 is 8.92 Å². The number of carbonyl (C=O) groups excluding carboxylic acids is 1. The van der Waals surface area contributed by atoms with Crippen LogP contribution in [-0.4, -0.2) is 62.5 Å². The Balaban J connectivity index is 1.50. The molecule has 0 radical (unpaired) electrons. The highest BCUT2D eigenvalue weighted by Crippen LogP contribution is 2.37. The fraction of sp³-hybridized carbons (Fsp3) is 0.267. The first-order valence-corrected chi connectivity index (χ1v) is 14.8. The SMILES string of the molecule is O=C(c1ccc(OCCN2CC(CF)C2)cc1)c1c(-c2ccc(C(F)(F)F)cc2F)cnc2cc(OS(=O)(=O)C(F)(F)F)ccc12. The summed E-state index contributed by atoms with van der Waals surface area (Å²) < 4.78 is 139. The summed E-state index contributed by atoms with van der Waals surface area (Å²) >= 11 is 0. The zero-order valence-corrected chi connectivity index (χ0v) is 24.1. The van der Waals surface area contributed by atoms with E-state index in [1.54, 1.807) is 0 Å². The molecule has 0 N–H and O–H groups in total. The van der Waals surface area contributed by atoms with Gasteiger partial charge in [0, 0.05) is 65.5 Å². The van der Waals surface area contributed by atoms with Crippen molar-refractivity contribution in [3.05, 3.63) is 89.4 Å². The molecule has 3 aromatic carbocycles. The number of likely N-dealkylation sites (tertiary alicyclic amines) is 1. The molecule has 0 saturated carbocycles. The van der Waals surface area contributed by atoms with Gasteiger partial charge in [0.2, 0.25) is 0 Å². The number of ketones is 1. The van der Waals surface area contributed by atoms with Gasteiger partial charge in [-0.3, -0.25) is 19.1 Å². The van der Waals surface area contributed by atoms with Crippen LogP contribution in [0.2, 0.25) is 0 Å². The Hall–Kier alpha value is -4.31. The zero-order valence-electron chi connectivity index (χ0n) is 23.3. The molecule has 0 spiro atoms. The maximum Gasteiger partial charge on any atom is 0.534 e. The highest BCUT2D eigenvalue weighted by molar-refractivity contribution is 7.88. The van der Waals surface area contributed by atoms with Crippen molar-refractivity contribution in [1.82, 2.24) is 9.88 Å². The van der Waals surface area contributed by atoms with Gasteiger partial charge in [0.25, 0.3) is 0 Å². The number of nitrogens with zero attached hydrogens (tertiary/aromatic N) is 2. The number of alkyl halides is 7. The van der Waals surface area contributed by atoms with Gasteiger partial charge >= 0.3 is 21.8 Å². The van der Waals surface area contributed by atoms with Gasteiger partial charge in [-0.15, -0.1) is 0 Å². The number of aromatic nitrogens is 1. The van der Waals surface area contributed by atoms with Crippen molar-refractivity contribution < 1.29 is 57.3 Å². The van der Waals surface area contributed by atoms with E-state index in [2.05, 4.69) is 9.17 Å².